The summed E-state index contributed by atoms with van der Waals surface area (Å²) in [5.74, 6) is -0.429. The van der Waals surface area contributed by atoms with Gasteiger partial charge in [-0.3, -0.25) is 4.79 Å². The van der Waals surface area contributed by atoms with Gasteiger partial charge in [-0.25, -0.2) is 4.31 Å². The first-order chi connectivity index (χ1) is 8.35. The van der Waals surface area contributed by atoms with E-state index in [4.69, 9.17) is 11.6 Å². The number of hydrogen-bond donors (Lipinski definition) is 0. The molecule has 98 valence electrons. The molecule has 0 aliphatic carbocycles. The van der Waals surface area contributed by atoms with E-state index >= 15 is 0 Å². The molecule has 1 fully saturated rings. The van der Waals surface area contributed by atoms with Crippen molar-refractivity contribution in [2.24, 2.45) is 0 Å². The van der Waals surface area contributed by atoms with Gasteiger partial charge in [0.05, 0.1) is 0 Å². The molecule has 1 amide bonds. The van der Waals surface area contributed by atoms with Gasteiger partial charge < -0.3 is 0 Å². The molecule has 0 saturated carbocycles. The van der Waals surface area contributed by atoms with Gasteiger partial charge in [0.2, 0.25) is 0 Å². The lowest BCUT2D eigenvalue weighted by Crippen LogP contribution is -2.33. The Labute approximate surface area is 111 Å². The molecule has 1 saturated heterocycles. The summed E-state index contributed by atoms with van der Waals surface area (Å²) in [6, 6.07) is 6.28. The van der Waals surface area contributed by atoms with Crippen LogP contribution >= 0.6 is 11.6 Å². The highest BCUT2D eigenvalue weighted by molar-refractivity contribution is 7.87. The molecule has 2 rings (SSSR count). The lowest BCUT2D eigenvalue weighted by molar-refractivity contribution is -0.126. The summed E-state index contributed by atoms with van der Waals surface area (Å²) >= 11 is 6.00. The summed E-state index contributed by atoms with van der Waals surface area (Å²) in [4.78, 5) is 11.7. The third-order valence-corrected chi connectivity index (χ3v) is 5.31. The minimum absolute atomic E-state index is 0.0965. The maximum absolute atomic E-state index is 12.0. The van der Waals surface area contributed by atoms with Crippen molar-refractivity contribution < 1.29 is 13.2 Å². The van der Waals surface area contributed by atoms with E-state index in [9.17, 15) is 13.2 Å². The molecule has 0 unspecified atom stereocenters. The lowest BCUT2D eigenvalue weighted by atomic mass is 10.2. The maximum Gasteiger partial charge on any atom is 0.307 e. The molecule has 7 heteroatoms. The van der Waals surface area contributed by atoms with Crippen LogP contribution in [0.4, 0.5) is 0 Å². The Morgan fingerprint density at radius 3 is 2.44 bits per heavy atom. The summed E-state index contributed by atoms with van der Waals surface area (Å²) in [6.07, 6.45) is 0. The lowest BCUT2D eigenvalue weighted by Gasteiger charge is -2.18. The Bertz CT molecular complexity index is 588. The highest BCUT2D eigenvalue weighted by atomic mass is 35.5. The third kappa shape index (κ3) is 2.00. The monoisotopic (exact) mass is 288 g/mol. The van der Waals surface area contributed by atoms with E-state index in [0.29, 0.717) is 10.6 Å². The Hall–Kier alpha value is -1.11. The van der Waals surface area contributed by atoms with Gasteiger partial charge in [0.15, 0.2) is 0 Å². The van der Waals surface area contributed by atoms with Crippen LogP contribution in [0.1, 0.15) is 12.5 Å². The fraction of sp³-hybridized carbons (Fsp3) is 0.364. The Morgan fingerprint density at radius 2 is 1.94 bits per heavy atom. The number of benzene rings is 1. The summed E-state index contributed by atoms with van der Waals surface area (Å²) in [7, 11) is -2.46. The average molecular weight is 289 g/mol. The number of nitrogens with zero attached hydrogens (tertiary/aromatic N) is 2. The Kier molecular flexibility index (Phi) is 3.35. The second-order valence-electron chi connectivity index (χ2n) is 4.13. The summed E-state index contributed by atoms with van der Waals surface area (Å²) in [5, 5.41) is 0.488. The molecule has 1 atom stereocenters. The third-order valence-electron chi connectivity index (χ3n) is 3.03. The number of carbonyl (C=O) groups is 1. The van der Waals surface area contributed by atoms with E-state index in [1.165, 1.54) is 7.05 Å². The van der Waals surface area contributed by atoms with Crippen LogP contribution in [0.5, 0.6) is 0 Å². The van der Waals surface area contributed by atoms with Gasteiger partial charge >= 0.3 is 10.2 Å². The molecule has 18 heavy (non-hydrogen) atoms. The van der Waals surface area contributed by atoms with Crippen molar-refractivity contribution >= 4 is 27.7 Å². The van der Waals surface area contributed by atoms with Crippen molar-refractivity contribution in [1.29, 1.82) is 0 Å². The first-order valence-corrected chi connectivity index (χ1v) is 7.16. The zero-order chi connectivity index (χ0) is 13.5. The maximum atomic E-state index is 12.0. The van der Waals surface area contributed by atoms with Crippen molar-refractivity contribution in [3.8, 4) is 0 Å². The van der Waals surface area contributed by atoms with Gasteiger partial charge in [-0.2, -0.15) is 12.7 Å². The molecule has 1 heterocycles. The van der Waals surface area contributed by atoms with Crippen LogP contribution in [0.2, 0.25) is 5.02 Å². The predicted octanol–water partition coefficient (Wildman–Crippen LogP) is 1.25. The number of rotatable bonds is 2. The van der Waals surface area contributed by atoms with Crippen LogP contribution in [-0.4, -0.2) is 36.0 Å². The second kappa shape index (κ2) is 4.53. The van der Waals surface area contributed by atoms with Crippen LogP contribution < -0.4 is 0 Å². The summed E-state index contributed by atoms with van der Waals surface area (Å²) < 4.78 is 26.0. The zero-order valence-electron chi connectivity index (χ0n) is 10.00. The van der Waals surface area contributed by atoms with Gasteiger partial charge in [-0.15, -0.1) is 0 Å². The van der Waals surface area contributed by atoms with Gasteiger partial charge in [0, 0.05) is 18.6 Å². The molecule has 0 N–H and O–H groups in total. The number of likely N-dealkylation sites (N-methyl/N-ethyl adjacent to an activating group) is 1. The van der Waals surface area contributed by atoms with Gasteiger partial charge in [0.1, 0.15) is 6.04 Å². The number of hydrogen-bond acceptors (Lipinski definition) is 3. The Morgan fingerprint density at radius 1 is 1.33 bits per heavy atom. The number of halogens is 1. The topological polar surface area (TPSA) is 57.7 Å². The van der Waals surface area contributed by atoms with Crippen LogP contribution in [-0.2, 0) is 21.5 Å². The van der Waals surface area contributed by atoms with Gasteiger partial charge in [-0.05, 0) is 18.6 Å². The van der Waals surface area contributed by atoms with Crippen LogP contribution in [0.15, 0.2) is 24.3 Å². The fourth-order valence-corrected chi connectivity index (χ4v) is 3.55. The van der Waals surface area contributed by atoms with Crippen molar-refractivity contribution in [2.75, 3.05) is 7.05 Å². The van der Waals surface area contributed by atoms with Crippen molar-refractivity contribution in [1.82, 2.24) is 8.61 Å². The largest absolute Gasteiger partial charge is 0.307 e. The highest BCUT2D eigenvalue weighted by Gasteiger charge is 2.45. The first kappa shape index (κ1) is 13.3. The van der Waals surface area contributed by atoms with E-state index in [1.54, 1.807) is 31.2 Å². The SMILES string of the molecule is C[C@@H]1C(=O)N(C)S(=O)(=O)N1Cc1ccccc1Cl. The van der Waals surface area contributed by atoms with Crippen molar-refractivity contribution in [3.63, 3.8) is 0 Å². The molecule has 0 spiro atoms. The molecular formula is C11H13ClN2O3S. The van der Waals surface area contributed by atoms with E-state index in [-0.39, 0.29) is 6.54 Å². The smallest absolute Gasteiger partial charge is 0.272 e. The molecule has 1 aliphatic heterocycles. The van der Waals surface area contributed by atoms with Crippen molar-refractivity contribution in [3.05, 3.63) is 34.9 Å². The fourth-order valence-electron chi connectivity index (χ4n) is 1.87. The van der Waals surface area contributed by atoms with Crippen LogP contribution in [0.3, 0.4) is 0 Å². The van der Waals surface area contributed by atoms with Crippen LogP contribution in [0.25, 0.3) is 0 Å². The summed E-state index contributed by atoms with van der Waals surface area (Å²) in [5.41, 5.74) is 0.678. The van der Waals surface area contributed by atoms with E-state index in [0.717, 1.165) is 8.61 Å². The second-order valence-corrected chi connectivity index (χ2v) is 6.45. The normalized spacial score (nSPS) is 23.6. The highest BCUT2D eigenvalue weighted by Crippen LogP contribution is 2.26. The van der Waals surface area contributed by atoms with Crippen LogP contribution in [0, 0.1) is 0 Å². The first-order valence-electron chi connectivity index (χ1n) is 5.38. The van der Waals surface area contributed by atoms with E-state index < -0.39 is 22.2 Å². The molecule has 0 radical (unpaired) electrons. The van der Waals surface area contributed by atoms with Crippen molar-refractivity contribution in [2.45, 2.75) is 19.5 Å². The summed E-state index contributed by atoms with van der Waals surface area (Å²) in [6.45, 7) is 1.67. The number of amides is 1. The zero-order valence-corrected chi connectivity index (χ0v) is 11.6. The minimum Gasteiger partial charge on any atom is -0.272 e. The molecule has 1 aromatic carbocycles. The molecule has 1 aliphatic rings. The van der Waals surface area contributed by atoms with E-state index in [2.05, 4.69) is 0 Å². The van der Waals surface area contributed by atoms with Gasteiger partial charge in [-0.1, -0.05) is 29.8 Å². The van der Waals surface area contributed by atoms with Gasteiger partial charge in [0.25, 0.3) is 5.91 Å². The standard InChI is InChI=1S/C11H13ClN2O3S/c1-8-11(15)13(2)18(16,17)14(8)7-9-5-3-4-6-10(9)12/h3-6,8H,7H2,1-2H3/t8-/m1/s1. The molecule has 0 aromatic heterocycles. The number of carbonyl (C=O) groups excluding carboxylic acids is 1. The van der Waals surface area contributed by atoms with E-state index in [1.807, 2.05) is 0 Å². The molecule has 1 aromatic rings. The molecular weight excluding hydrogens is 276 g/mol. The quantitative estimate of drug-likeness (QED) is 0.823. The molecule has 5 nitrogen and oxygen atoms in total. The Balaban J connectivity index is 2.35. The average Bonchev–Trinajstić information content (AvgIpc) is 2.47. The minimum atomic E-state index is -3.72. The molecule has 0 bridgehead atoms. The predicted molar refractivity (Wildman–Crippen MR) is 68.1 cm³/mol.